The highest BCUT2D eigenvalue weighted by Crippen LogP contribution is 2.18. The molecule has 1 aliphatic rings. The van der Waals surface area contributed by atoms with Crippen LogP contribution in [-0.2, 0) is 0 Å². The number of rotatable bonds is 1. The number of phenols is 1. The summed E-state index contributed by atoms with van der Waals surface area (Å²) < 4.78 is 0. The van der Waals surface area contributed by atoms with E-state index in [4.69, 9.17) is 0 Å². The molecule has 1 amide bonds. The van der Waals surface area contributed by atoms with E-state index in [2.05, 4.69) is 5.32 Å². The minimum atomic E-state index is -0.0817. The van der Waals surface area contributed by atoms with Crippen molar-refractivity contribution in [1.82, 2.24) is 10.2 Å². The molecule has 0 radical (unpaired) electrons. The normalized spacial score (nSPS) is 16.9. The molecule has 1 aliphatic heterocycles. The fourth-order valence-electron chi connectivity index (χ4n) is 1.87. The molecule has 1 saturated heterocycles. The number of hydrogen-bond acceptors (Lipinski definition) is 3. The van der Waals surface area contributed by atoms with E-state index in [0.29, 0.717) is 12.1 Å². The van der Waals surface area contributed by atoms with Crippen LogP contribution >= 0.6 is 0 Å². The van der Waals surface area contributed by atoms with Crippen LogP contribution in [0.25, 0.3) is 0 Å². The maximum atomic E-state index is 12.1. The molecular weight excluding hydrogens is 204 g/mol. The Morgan fingerprint density at radius 2 is 2.06 bits per heavy atom. The van der Waals surface area contributed by atoms with Crippen molar-refractivity contribution in [2.75, 3.05) is 26.2 Å². The molecule has 0 unspecified atom stereocenters. The maximum Gasteiger partial charge on any atom is 0.257 e. The Balaban J connectivity index is 2.14. The van der Waals surface area contributed by atoms with E-state index in [-0.39, 0.29) is 11.7 Å². The molecule has 0 aliphatic carbocycles. The highest BCUT2D eigenvalue weighted by Gasteiger charge is 2.19. The van der Waals surface area contributed by atoms with Gasteiger partial charge in [-0.3, -0.25) is 4.79 Å². The van der Waals surface area contributed by atoms with Crippen LogP contribution in [0.5, 0.6) is 5.75 Å². The first-order chi connectivity index (χ1) is 7.79. The first-order valence-electron chi connectivity index (χ1n) is 5.57. The van der Waals surface area contributed by atoms with Gasteiger partial charge in [-0.15, -0.1) is 0 Å². The van der Waals surface area contributed by atoms with Gasteiger partial charge in [-0.05, 0) is 25.1 Å². The van der Waals surface area contributed by atoms with Crippen molar-refractivity contribution in [3.05, 3.63) is 29.8 Å². The Bertz CT molecular complexity index is 371. The number of nitrogens with one attached hydrogen (secondary N) is 1. The molecule has 0 bridgehead atoms. The molecule has 2 rings (SSSR count). The zero-order chi connectivity index (χ0) is 11.4. The van der Waals surface area contributed by atoms with Crippen molar-refractivity contribution in [2.24, 2.45) is 0 Å². The number of aromatic hydroxyl groups is 1. The molecule has 86 valence electrons. The molecule has 0 spiro atoms. The Labute approximate surface area is 94.9 Å². The standard InChI is InChI=1S/C12H16N2O2/c15-11-5-2-1-4-10(11)12(16)14-8-3-6-13-7-9-14/h1-2,4-5,13,15H,3,6-9H2. The maximum absolute atomic E-state index is 12.1. The highest BCUT2D eigenvalue weighted by atomic mass is 16.3. The van der Waals surface area contributed by atoms with Gasteiger partial charge < -0.3 is 15.3 Å². The van der Waals surface area contributed by atoms with E-state index in [9.17, 15) is 9.90 Å². The van der Waals surface area contributed by atoms with Crippen molar-refractivity contribution >= 4 is 5.91 Å². The van der Waals surface area contributed by atoms with Gasteiger partial charge in [0.25, 0.3) is 5.91 Å². The van der Waals surface area contributed by atoms with Crippen molar-refractivity contribution in [1.29, 1.82) is 0 Å². The molecule has 1 aromatic carbocycles. The molecule has 1 fully saturated rings. The van der Waals surface area contributed by atoms with Gasteiger partial charge in [0, 0.05) is 19.6 Å². The number of para-hydroxylation sites is 1. The van der Waals surface area contributed by atoms with E-state index in [1.807, 2.05) is 0 Å². The Kier molecular flexibility index (Phi) is 3.41. The second kappa shape index (κ2) is 4.99. The van der Waals surface area contributed by atoms with Gasteiger partial charge in [0.05, 0.1) is 5.56 Å². The van der Waals surface area contributed by atoms with Crippen LogP contribution in [0.2, 0.25) is 0 Å². The number of phenolic OH excluding ortho intramolecular Hbond substituents is 1. The molecular formula is C12H16N2O2. The van der Waals surface area contributed by atoms with Crippen LogP contribution in [0.1, 0.15) is 16.8 Å². The largest absolute Gasteiger partial charge is 0.507 e. The lowest BCUT2D eigenvalue weighted by atomic mass is 10.1. The van der Waals surface area contributed by atoms with Gasteiger partial charge in [-0.1, -0.05) is 12.1 Å². The van der Waals surface area contributed by atoms with E-state index >= 15 is 0 Å². The summed E-state index contributed by atoms with van der Waals surface area (Å²) in [5.74, 6) is -0.0218. The van der Waals surface area contributed by atoms with Gasteiger partial charge >= 0.3 is 0 Å². The number of carbonyl (C=O) groups is 1. The van der Waals surface area contributed by atoms with Crippen molar-refractivity contribution in [2.45, 2.75) is 6.42 Å². The summed E-state index contributed by atoms with van der Waals surface area (Å²) in [6.07, 6.45) is 0.958. The smallest absolute Gasteiger partial charge is 0.257 e. The summed E-state index contributed by atoms with van der Waals surface area (Å²) in [5, 5.41) is 12.9. The Hall–Kier alpha value is -1.55. The minimum Gasteiger partial charge on any atom is -0.507 e. The molecule has 2 N–H and O–H groups in total. The molecule has 16 heavy (non-hydrogen) atoms. The van der Waals surface area contributed by atoms with Gasteiger partial charge in [-0.2, -0.15) is 0 Å². The van der Waals surface area contributed by atoms with Gasteiger partial charge in [0.15, 0.2) is 0 Å². The van der Waals surface area contributed by atoms with Crippen molar-refractivity contribution < 1.29 is 9.90 Å². The van der Waals surface area contributed by atoms with Crippen LogP contribution in [0.4, 0.5) is 0 Å². The molecule has 0 atom stereocenters. The number of amides is 1. The summed E-state index contributed by atoms with van der Waals surface area (Å²) >= 11 is 0. The van der Waals surface area contributed by atoms with Gasteiger partial charge in [0.1, 0.15) is 5.75 Å². The van der Waals surface area contributed by atoms with E-state index in [1.165, 1.54) is 0 Å². The molecule has 1 aromatic rings. The summed E-state index contributed by atoms with van der Waals surface area (Å²) in [6, 6.07) is 6.69. The van der Waals surface area contributed by atoms with Crippen molar-refractivity contribution in [3.63, 3.8) is 0 Å². The second-order valence-electron chi connectivity index (χ2n) is 3.91. The summed E-state index contributed by atoms with van der Waals surface area (Å²) in [6.45, 7) is 3.22. The van der Waals surface area contributed by atoms with Crippen LogP contribution in [0.15, 0.2) is 24.3 Å². The molecule has 0 aromatic heterocycles. The summed E-state index contributed by atoms with van der Waals surface area (Å²) in [5.41, 5.74) is 0.393. The number of benzene rings is 1. The van der Waals surface area contributed by atoms with E-state index < -0.39 is 0 Å². The highest BCUT2D eigenvalue weighted by molar-refractivity contribution is 5.96. The number of carbonyl (C=O) groups excluding carboxylic acids is 1. The molecule has 4 nitrogen and oxygen atoms in total. The zero-order valence-corrected chi connectivity index (χ0v) is 9.15. The Morgan fingerprint density at radius 3 is 2.88 bits per heavy atom. The second-order valence-corrected chi connectivity index (χ2v) is 3.91. The topological polar surface area (TPSA) is 52.6 Å². The lowest BCUT2D eigenvalue weighted by Crippen LogP contribution is -2.34. The molecule has 4 heteroatoms. The predicted octanol–water partition coefficient (Wildman–Crippen LogP) is 0.828. The average molecular weight is 220 g/mol. The van der Waals surface area contributed by atoms with Crippen LogP contribution in [0.3, 0.4) is 0 Å². The minimum absolute atomic E-state index is 0.0599. The number of nitrogens with zero attached hydrogens (tertiary/aromatic N) is 1. The lowest BCUT2D eigenvalue weighted by Gasteiger charge is -2.20. The zero-order valence-electron chi connectivity index (χ0n) is 9.15. The summed E-state index contributed by atoms with van der Waals surface area (Å²) in [7, 11) is 0. The number of hydrogen-bond donors (Lipinski definition) is 2. The van der Waals surface area contributed by atoms with Crippen LogP contribution in [-0.4, -0.2) is 42.1 Å². The van der Waals surface area contributed by atoms with Crippen LogP contribution < -0.4 is 5.32 Å². The van der Waals surface area contributed by atoms with Gasteiger partial charge in [0.2, 0.25) is 0 Å². The average Bonchev–Trinajstić information content (AvgIpc) is 2.57. The fraction of sp³-hybridized carbons (Fsp3) is 0.417. The fourth-order valence-corrected chi connectivity index (χ4v) is 1.87. The molecule has 1 heterocycles. The van der Waals surface area contributed by atoms with E-state index in [0.717, 1.165) is 26.1 Å². The first kappa shape index (κ1) is 11.0. The van der Waals surface area contributed by atoms with E-state index in [1.54, 1.807) is 29.2 Å². The quantitative estimate of drug-likeness (QED) is 0.737. The molecule has 0 saturated carbocycles. The third-order valence-corrected chi connectivity index (χ3v) is 2.76. The SMILES string of the molecule is O=C(c1ccccc1O)N1CCCNCC1. The van der Waals surface area contributed by atoms with Crippen LogP contribution in [0, 0.1) is 0 Å². The summed E-state index contributed by atoms with van der Waals surface area (Å²) in [4.78, 5) is 13.9. The monoisotopic (exact) mass is 220 g/mol. The predicted molar refractivity (Wildman–Crippen MR) is 61.5 cm³/mol. The van der Waals surface area contributed by atoms with Crippen molar-refractivity contribution in [3.8, 4) is 5.75 Å². The lowest BCUT2D eigenvalue weighted by molar-refractivity contribution is 0.0763. The third-order valence-electron chi connectivity index (χ3n) is 2.76. The Morgan fingerprint density at radius 1 is 1.25 bits per heavy atom. The third kappa shape index (κ3) is 2.33. The van der Waals surface area contributed by atoms with Gasteiger partial charge in [-0.25, -0.2) is 0 Å². The first-order valence-corrected chi connectivity index (χ1v) is 5.57.